The van der Waals surface area contributed by atoms with Gasteiger partial charge in [0.15, 0.2) is 11.5 Å². The van der Waals surface area contributed by atoms with E-state index in [-0.39, 0.29) is 0 Å². The number of nitrogens with zero attached hydrogens (tertiary/aromatic N) is 2. The molecule has 0 spiro atoms. The van der Waals surface area contributed by atoms with Crippen LogP contribution in [0.25, 0.3) is 0 Å². The molecule has 0 aliphatic carbocycles. The summed E-state index contributed by atoms with van der Waals surface area (Å²) in [6.07, 6.45) is 1.57. The largest absolute Gasteiger partial charge is 0.493 e. The van der Waals surface area contributed by atoms with E-state index in [1.165, 1.54) is 0 Å². The molecular weight excluding hydrogens is 238 g/mol. The fourth-order valence-corrected chi connectivity index (χ4v) is 1.72. The van der Waals surface area contributed by atoms with Gasteiger partial charge in [0.1, 0.15) is 6.33 Å². The molecular formula is C11H13N3O2S. The Hall–Kier alpha value is -1.82. The summed E-state index contributed by atoms with van der Waals surface area (Å²) in [5.74, 6) is 1.42. The number of ether oxygens (including phenoxy) is 2. The van der Waals surface area contributed by atoms with Gasteiger partial charge in [0.05, 0.1) is 20.8 Å². The highest BCUT2D eigenvalue weighted by Gasteiger charge is 2.05. The standard InChI is InChI=1S/C11H13N3O2S/c1-15-9-4-3-8(5-10(9)16-2)6-14-11(17)12-7-13-14/h3-5,7H,6H2,1-2H3,(H,12,13,17). The Morgan fingerprint density at radius 1 is 1.29 bits per heavy atom. The molecule has 90 valence electrons. The van der Waals surface area contributed by atoms with Gasteiger partial charge in [0, 0.05) is 0 Å². The summed E-state index contributed by atoms with van der Waals surface area (Å²) in [6.45, 7) is 0.624. The Balaban J connectivity index is 2.28. The van der Waals surface area contributed by atoms with Gasteiger partial charge in [-0.05, 0) is 29.9 Å². The summed E-state index contributed by atoms with van der Waals surface area (Å²) in [7, 11) is 3.23. The van der Waals surface area contributed by atoms with Gasteiger partial charge in [-0.25, -0.2) is 4.98 Å². The van der Waals surface area contributed by atoms with Crippen LogP contribution in [-0.4, -0.2) is 29.0 Å². The molecule has 0 aliphatic rings. The van der Waals surface area contributed by atoms with Crippen LogP contribution in [-0.2, 0) is 6.54 Å². The van der Waals surface area contributed by atoms with Crippen molar-refractivity contribution in [2.75, 3.05) is 14.2 Å². The maximum Gasteiger partial charge on any atom is 0.216 e. The van der Waals surface area contributed by atoms with E-state index in [1.54, 1.807) is 25.2 Å². The Morgan fingerprint density at radius 2 is 2.06 bits per heavy atom. The number of nitrogens with one attached hydrogen (secondary N) is 1. The molecule has 2 rings (SSSR count). The Bertz CT molecular complexity index is 562. The van der Waals surface area contributed by atoms with Crippen molar-refractivity contribution in [1.29, 1.82) is 0 Å². The van der Waals surface area contributed by atoms with Crippen molar-refractivity contribution in [3.63, 3.8) is 0 Å². The molecule has 1 N–H and O–H groups in total. The minimum Gasteiger partial charge on any atom is -0.493 e. The monoisotopic (exact) mass is 251 g/mol. The van der Waals surface area contributed by atoms with E-state index in [2.05, 4.69) is 10.1 Å². The van der Waals surface area contributed by atoms with Crippen LogP contribution in [0.2, 0.25) is 0 Å². The Labute approximate surface area is 104 Å². The van der Waals surface area contributed by atoms with Crippen molar-refractivity contribution < 1.29 is 9.47 Å². The van der Waals surface area contributed by atoms with Crippen LogP contribution in [0.1, 0.15) is 5.56 Å². The van der Waals surface area contributed by atoms with Crippen LogP contribution < -0.4 is 9.47 Å². The quantitative estimate of drug-likeness (QED) is 0.844. The number of hydrogen-bond donors (Lipinski definition) is 1. The number of aromatic amines is 1. The predicted octanol–water partition coefficient (Wildman–Crippen LogP) is 2.01. The first-order valence-corrected chi connectivity index (χ1v) is 5.46. The molecule has 0 unspecified atom stereocenters. The van der Waals surface area contributed by atoms with E-state index >= 15 is 0 Å². The predicted molar refractivity (Wildman–Crippen MR) is 66.1 cm³/mol. The number of H-pyrrole nitrogens is 1. The van der Waals surface area contributed by atoms with Gasteiger partial charge in [0.2, 0.25) is 4.77 Å². The van der Waals surface area contributed by atoms with Crippen molar-refractivity contribution in [2.24, 2.45) is 0 Å². The summed E-state index contributed by atoms with van der Waals surface area (Å²) in [5.41, 5.74) is 1.06. The van der Waals surface area contributed by atoms with Crippen LogP contribution in [0.15, 0.2) is 24.5 Å². The maximum atomic E-state index is 5.24. The lowest BCUT2D eigenvalue weighted by atomic mass is 10.2. The smallest absolute Gasteiger partial charge is 0.216 e. The van der Waals surface area contributed by atoms with Gasteiger partial charge in [-0.15, -0.1) is 0 Å². The van der Waals surface area contributed by atoms with Gasteiger partial charge in [0.25, 0.3) is 0 Å². The Kier molecular flexibility index (Phi) is 3.43. The third-order valence-electron chi connectivity index (χ3n) is 2.41. The van der Waals surface area contributed by atoms with Crippen molar-refractivity contribution in [3.05, 3.63) is 34.9 Å². The van der Waals surface area contributed by atoms with Gasteiger partial charge in [-0.2, -0.15) is 0 Å². The average Bonchev–Trinajstić information content (AvgIpc) is 2.75. The number of rotatable bonds is 4. The molecule has 1 heterocycles. The summed E-state index contributed by atoms with van der Waals surface area (Å²) in [5, 5.41) is 2.95. The fraction of sp³-hybridized carbons (Fsp3) is 0.273. The number of benzene rings is 1. The van der Waals surface area contributed by atoms with Crippen LogP contribution >= 0.6 is 12.2 Å². The molecule has 2 aromatic rings. The molecule has 0 aliphatic heterocycles. The van der Waals surface area contributed by atoms with Gasteiger partial charge >= 0.3 is 0 Å². The zero-order valence-electron chi connectivity index (χ0n) is 9.64. The van der Waals surface area contributed by atoms with Crippen molar-refractivity contribution in [1.82, 2.24) is 14.8 Å². The number of methoxy groups -OCH3 is 2. The third kappa shape index (κ3) is 2.47. The van der Waals surface area contributed by atoms with Crippen LogP contribution in [0.4, 0.5) is 0 Å². The SMILES string of the molecule is COc1ccc(Cn2[nH]cnc2=S)cc1OC. The fourth-order valence-electron chi connectivity index (χ4n) is 1.55. The van der Waals surface area contributed by atoms with Crippen LogP contribution in [0, 0.1) is 4.77 Å². The first-order chi connectivity index (χ1) is 8.24. The number of aromatic nitrogens is 3. The molecule has 1 aromatic heterocycles. The van der Waals surface area contributed by atoms with Crippen molar-refractivity contribution in [3.8, 4) is 11.5 Å². The van der Waals surface area contributed by atoms with Gasteiger partial charge in [-0.1, -0.05) is 6.07 Å². The van der Waals surface area contributed by atoms with Gasteiger partial charge < -0.3 is 9.47 Å². The molecule has 0 fully saturated rings. The third-order valence-corrected chi connectivity index (χ3v) is 2.73. The van der Waals surface area contributed by atoms with Crippen LogP contribution in [0.5, 0.6) is 11.5 Å². The molecule has 6 heteroatoms. The first kappa shape index (κ1) is 11.7. The molecule has 5 nitrogen and oxygen atoms in total. The highest BCUT2D eigenvalue weighted by molar-refractivity contribution is 7.71. The lowest BCUT2D eigenvalue weighted by Gasteiger charge is -2.09. The molecule has 0 saturated carbocycles. The van der Waals surface area contributed by atoms with E-state index in [4.69, 9.17) is 21.7 Å². The van der Waals surface area contributed by atoms with E-state index in [0.29, 0.717) is 22.8 Å². The second-order valence-electron chi connectivity index (χ2n) is 3.45. The molecule has 0 amide bonds. The summed E-state index contributed by atoms with van der Waals surface area (Å²) < 4.78 is 12.7. The normalized spacial score (nSPS) is 10.2. The summed E-state index contributed by atoms with van der Waals surface area (Å²) >= 11 is 5.06. The van der Waals surface area contributed by atoms with Crippen molar-refractivity contribution >= 4 is 12.2 Å². The van der Waals surface area contributed by atoms with E-state index in [9.17, 15) is 0 Å². The summed E-state index contributed by atoms with van der Waals surface area (Å²) in [6, 6.07) is 5.75. The van der Waals surface area contributed by atoms with E-state index < -0.39 is 0 Å². The maximum absolute atomic E-state index is 5.24. The molecule has 0 bridgehead atoms. The van der Waals surface area contributed by atoms with Gasteiger partial charge in [-0.3, -0.25) is 9.78 Å². The highest BCUT2D eigenvalue weighted by Crippen LogP contribution is 2.27. The number of hydrogen-bond acceptors (Lipinski definition) is 4. The molecule has 1 aromatic carbocycles. The lowest BCUT2D eigenvalue weighted by molar-refractivity contribution is 0.354. The molecule has 17 heavy (non-hydrogen) atoms. The first-order valence-electron chi connectivity index (χ1n) is 5.05. The Morgan fingerprint density at radius 3 is 2.65 bits per heavy atom. The summed E-state index contributed by atoms with van der Waals surface area (Å²) in [4.78, 5) is 3.96. The zero-order chi connectivity index (χ0) is 12.3. The molecule has 0 atom stereocenters. The van der Waals surface area contributed by atoms with Crippen LogP contribution in [0.3, 0.4) is 0 Å². The van der Waals surface area contributed by atoms with Crippen molar-refractivity contribution in [2.45, 2.75) is 6.54 Å². The van der Waals surface area contributed by atoms with E-state index in [0.717, 1.165) is 5.56 Å². The molecule has 0 saturated heterocycles. The highest BCUT2D eigenvalue weighted by atomic mass is 32.1. The topological polar surface area (TPSA) is 52.1 Å². The minimum atomic E-state index is 0.528. The average molecular weight is 251 g/mol. The second-order valence-corrected chi connectivity index (χ2v) is 3.81. The van der Waals surface area contributed by atoms with E-state index in [1.807, 2.05) is 18.2 Å². The second kappa shape index (κ2) is 5.01. The minimum absolute atomic E-state index is 0.528. The molecule has 0 radical (unpaired) electrons. The zero-order valence-corrected chi connectivity index (χ0v) is 10.5. The lowest BCUT2D eigenvalue weighted by Crippen LogP contribution is -2.02.